The Morgan fingerprint density at radius 3 is 0.630 bits per heavy atom. The molecule has 504 valence electrons. The Bertz CT molecular complexity index is 3980. The Morgan fingerprint density at radius 2 is 0.440 bits per heavy atom. The summed E-state index contributed by atoms with van der Waals surface area (Å²) >= 11 is 0. The van der Waals surface area contributed by atoms with Gasteiger partial charge in [0.15, 0.2) is 23.0 Å². The summed E-state index contributed by atoms with van der Waals surface area (Å²) in [5.74, 6) is 6.47. The van der Waals surface area contributed by atoms with E-state index in [1.165, 1.54) is 22.3 Å². The van der Waals surface area contributed by atoms with Gasteiger partial charge in [0.25, 0.3) is 0 Å². The third-order valence-electron chi connectivity index (χ3n) is 21.4. The molecule has 5 aliphatic rings. The summed E-state index contributed by atoms with van der Waals surface area (Å²) in [6.07, 6.45) is 8.24. The lowest BCUT2D eigenvalue weighted by molar-refractivity contribution is 0.249. The summed E-state index contributed by atoms with van der Waals surface area (Å²) in [7, 11) is 0. The molecule has 0 saturated carbocycles. The van der Waals surface area contributed by atoms with Crippen molar-refractivity contribution in [1.29, 1.82) is 0 Å². The fourth-order valence-corrected chi connectivity index (χ4v) is 16.7. The van der Waals surface area contributed by atoms with Crippen molar-refractivity contribution >= 4 is 0 Å². The number of fused-ring (bicyclic) bond motifs is 8. The van der Waals surface area contributed by atoms with Crippen LogP contribution in [0.25, 0.3) is 45.0 Å². The van der Waals surface area contributed by atoms with Crippen LogP contribution in [0.3, 0.4) is 0 Å². The molecule has 4 aromatic heterocycles. The highest BCUT2D eigenvalue weighted by atomic mass is 16.5. The highest BCUT2D eigenvalue weighted by Crippen LogP contribution is 2.47. The zero-order valence-corrected chi connectivity index (χ0v) is 55.6. The molecule has 0 aliphatic carbocycles. The molecular weight excluding hydrogens is 1250 g/mol. The lowest BCUT2D eigenvalue weighted by Gasteiger charge is -2.37. The van der Waals surface area contributed by atoms with Gasteiger partial charge in [-0.1, -0.05) is 190 Å². The average molecular weight is 1330 g/mol. The minimum absolute atomic E-state index is 0.164. The first-order chi connectivity index (χ1) is 49.5. The van der Waals surface area contributed by atoms with Crippen LogP contribution < -0.4 is 40.2 Å². The van der Waals surface area contributed by atoms with Crippen LogP contribution in [0.2, 0.25) is 0 Å². The van der Waals surface area contributed by atoms with E-state index in [2.05, 4.69) is 139 Å². The summed E-state index contributed by atoms with van der Waals surface area (Å²) in [5, 5.41) is 35.2. The molecule has 8 atom stereocenters. The average Bonchev–Trinajstić information content (AvgIpc) is 1.59. The van der Waals surface area contributed by atoms with Crippen LogP contribution in [0, 0.1) is 0 Å². The van der Waals surface area contributed by atoms with E-state index >= 15 is 0 Å². The van der Waals surface area contributed by atoms with Crippen molar-refractivity contribution in [2.75, 3.05) is 0 Å². The molecule has 8 unspecified atom stereocenters. The number of nitrogens with zero attached hydrogens (tertiary/aromatic N) is 4. The first-order valence-corrected chi connectivity index (χ1v) is 35.5. The highest BCUT2D eigenvalue weighted by Gasteiger charge is 2.49. The maximum Gasteiger partial charge on any atom is 0.174 e. The van der Waals surface area contributed by atoms with E-state index in [9.17, 15) is 0 Å². The molecule has 17 rings (SSSR count). The molecule has 0 spiro atoms. The van der Waals surface area contributed by atoms with Crippen LogP contribution in [0.15, 0.2) is 261 Å². The molecule has 9 heterocycles. The highest BCUT2D eigenvalue weighted by molar-refractivity contribution is 5.61. The predicted molar refractivity (Wildman–Crippen MR) is 382 cm³/mol. The molecular formula is C84H80N8O8. The van der Waals surface area contributed by atoms with Gasteiger partial charge >= 0.3 is 0 Å². The summed E-state index contributed by atoms with van der Waals surface area (Å²) in [5.41, 5.74) is 12.4. The number of rotatable bonds is 20. The maximum atomic E-state index is 6.43. The van der Waals surface area contributed by atoms with Gasteiger partial charge in [-0.05, 0) is 122 Å². The minimum Gasteiger partial charge on any atom is -0.486 e. The smallest absolute Gasteiger partial charge is 0.174 e. The molecule has 100 heavy (non-hydrogen) atoms. The second kappa shape index (κ2) is 28.8. The van der Waals surface area contributed by atoms with E-state index in [1.54, 1.807) is 0 Å². The SMILES string of the molecule is c1ccc(-c2cc(COc3ccc(C4C5CCC(N5)C(c5ccc(OCc6cc(-c7ccccc7)no6)cc5)C5CCC(N5)C(c5ccc(OCc6cc(-c7ccccc7)no6)cc5)C5CCC(N5)C(c5ccc(OCc6cc(-c7ccccc7)no6)cc5)C5CCC4N5)cc3)on2)cc1. The van der Waals surface area contributed by atoms with Crippen LogP contribution in [0.5, 0.6) is 23.0 Å². The van der Waals surface area contributed by atoms with Crippen molar-refractivity contribution < 1.29 is 37.0 Å². The Hall–Kier alpha value is -10.4. The van der Waals surface area contributed by atoms with Crippen molar-refractivity contribution in [3.63, 3.8) is 0 Å². The van der Waals surface area contributed by atoms with Gasteiger partial charge in [-0.15, -0.1) is 0 Å². The van der Waals surface area contributed by atoms with E-state index < -0.39 is 0 Å². The van der Waals surface area contributed by atoms with Gasteiger partial charge < -0.3 is 58.3 Å². The molecule has 12 aromatic rings. The van der Waals surface area contributed by atoms with Gasteiger partial charge in [-0.3, -0.25) is 0 Å². The number of hydrogen-bond acceptors (Lipinski definition) is 16. The van der Waals surface area contributed by atoms with Crippen LogP contribution in [-0.4, -0.2) is 69.0 Å². The fraction of sp³-hybridized carbons (Fsp3) is 0.286. The fourth-order valence-electron chi connectivity index (χ4n) is 16.7. The van der Waals surface area contributed by atoms with Crippen LogP contribution >= 0.6 is 0 Å². The molecule has 0 radical (unpaired) electrons. The molecule has 16 heteroatoms. The van der Waals surface area contributed by atoms with E-state index in [0.717, 1.165) is 119 Å². The van der Waals surface area contributed by atoms with E-state index in [1.807, 2.05) is 146 Å². The Morgan fingerprint density at radius 1 is 0.250 bits per heavy atom. The Balaban J connectivity index is 0.677. The van der Waals surface area contributed by atoms with Crippen molar-refractivity contribution in [1.82, 2.24) is 41.9 Å². The minimum atomic E-state index is 0.164. The quantitative estimate of drug-likeness (QED) is 0.0563. The second-order valence-electron chi connectivity index (χ2n) is 27.5. The van der Waals surface area contributed by atoms with Crippen molar-refractivity contribution in [3.05, 3.63) is 288 Å². The molecule has 5 fully saturated rings. The van der Waals surface area contributed by atoms with Crippen LogP contribution in [-0.2, 0) is 26.4 Å². The van der Waals surface area contributed by atoms with Crippen molar-refractivity contribution in [2.24, 2.45) is 0 Å². The molecule has 16 nitrogen and oxygen atoms in total. The van der Waals surface area contributed by atoms with Gasteiger partial charge in [0.05, 0.1) is 0 Å². The number of nitrogens with one attached hydrogen (secondary N) is 4. The van der Waals surface area contributed by atoms with Gasteiger partial charge in [0.1, 0.15) is 72.2 Å². The Labute approximate surface area is 581 Å². The first-order valence-electron chi connectivity index (χ1n) is 35.5. The number of ether oxygens (including phenoxy) is 4. The lowest BCUT2D eigenvalue weighted by Crippen LogP contribution is -2.51. The first kappa shape index (κ1) is 63.1. The molecule has 5 saturated heterocycles. The second-order valence-corrected chi connectivity index (χ2v) is 27.5. The van der Waals surface area contributed by atoms with E-state index in [4.69, 9.17) is 37.0 Å². The van der Waals surface area contributed by atoms with E-state index in [-0.39, 0.29) is 98.4 Å². The van der Waals surface area contributed by atoms with Gasteiger partial charge in [0.2, 0.25) is 0 Å². The summed E-state index contributed by atoms with van der Waals surface area (Å²) in [6.45, 7) is 1.09. The van der Waals surface area contributed by atoms with Gasteiger partial charge in [0, 0.05) is 119 Å². The Kier molecular flexibility index (Phi) is 18.2. The molecule has 4 N–H and O–H groups in total. The molecule has 8 bridgehead atoms. The topological polar surface area (TPSA) is 189 Å². The number of benzene rings is 8. The maximum absolute atomic E-state index is 6.43. The normalized spacial score (nSPS) is 24.1. The zero-order valence-electron chi connectivity index (χ0n) is 55.6. The van der Waals surface area contributed by atoms with Crippen molar-refractivity contribution in [3.8, 4) is 68.0 Å². The molecule has 8 aromatic carbocycles. The largest absolute Gasteiger partial charge is 0.486 e. The summed E-state index contributed by atoms with van der Waals surface area (Å²) < 4.78 is 48.8. The third-order valence-corrected chi connectivity index (χ3v) is 21.4. The predicted octanol–water partition coefficient (Wildman–Crippen LogP) is 16.6. The van der Waals surface area contributed by atoms with Crippen LogP contribution in [0.1, 0.15) is 120 Å². The van der Waals surface area contributed by atoms with Gasteiger partial charge in [-0.25, -0.2) is 0 Å². The monoisotopic (exact) mass is 1330 g/mol. The van der Waals surface area contributed by atoms with Gasteiger partial charge in [-0.2, -0.15) is 0 Å². The number of hydrogen-bond donors (Lipinski definition) is 4. The van der Waals surface area contributed by atoms with Crippen molar-refractivity contribution in [2.45, 2.75) is 150 Å². The zero-order chi connectivity index (χ0) is 66.6. The summed E-state index contributed by atoms with van der Waals surface area (Å²) in [6, 6.07) is 85.2. The lowest BCUT2D eigenvalue weighted by atomic mass is 9.82. The van der Waals surface area contributed by atoms with Crippen LogP contribution in [0.4, 0.5) is 0 Å². The van der Waals surface area contributed by atoms with E-state index in [0.29, 0.717) is 23.0 Å². The standard InChI is InChI=1S/C84H80N8O8/c1-5-13-53(14-6-1)77-45-65(97-89-77)49-93-61-29-21-57(22-30-61)81-69-37-39-71(85-69)82(58-23-31-62(32-24-58)94-50-66-46-78(90-98-66)54-15-7-2-8-16-54)73-41-43-75(87-73)84(60-27-35-64(36-28-60)96-52-68-48-80(92-100-68)56-19-11-4-12-20-56)76-44-42-74(88-76)83(72-40-38-70(81)86-72)59-25-33-63(34-26-59)95-51-67-47-79(91-99-67)55-17-9-3-10-18-55/h1-36,45-48,69-76,81-88H,37-44,49-52H2. The molecule has 5 aliphatic heterocycles. The third kappa shape index (κ3) is 13.9. The molecule has 0 amide bonds. The number of aromatic nitrogens is 4. The summed E-state index contributed by atoms with van der Waals surface area (Å²) in [4.78, 5) is 0.